The van der Waals surface area contributed by atoms with Crippen LogP contribution in [0.25, 0.3) is 0 Å². The summed E-state index contributed by atoms with van der Waals surface area (Å²) in [5, 5.41) is 28.5. The maximum Gasteiger partial charge on any atom is 0.252 e. The maximum absolute atomic E-state index is 13.0. The second-order valence-electron chi connectivity index (χ2n) is 8.37. The summed E-state index contributed by atoms with van der Waals surface area (Å²) in [4.78, 5) is 26.4. The average Bonchev–Trinajstić information content (AvgIpc) is 3.45. The zero-order valence-electron chi connectivity index (χ0n) is 17.3. The molecular weight excluding hydrogens is 424 g/mol. The summed E-state index contributed by atoms with van der Waals surface area (Å²) in [7, 11) is 0. The van der Waals surface area contributed by atoms with Gasteiger partial charge in [0.1, 0.15) is 0 Å². The summed E-state index contributed by atoms with van der Waals surface area (Å²) in [5.41, 5.74) is 4.37. The van der Waals surface area contributed by atoms with E-state index in [1.807, 2.05) is 48.5 Å². The molecule has 0 bridgehead atoms. The maximum atomic E-state index is 13.0. The highest BCUT2D eigenvalue weighted by atomic mass is 32.1. The fourth-order valence-electron chi connectivity index (χ4n) is 4.76. The van der Waals surface area contributed by atoms with E-state index in [4.69, 9.17) is 0 Å². The monoisotopic (exact) mass is 448 g/mol. The van der Waals surface area contributed by atoms with E-state index in [1.165, 1.54) is 11.3 Å². The standard InChI is InChI=1S/C25H24N2O4S/c28-19-11-14-5-1-3-7-16(14)23(19)26-22(30)13-21-18(9-10-32-21)25(31)27-24-17-8-4-2-6-15(17)12-20(24)29/h1-10,19-20,23-24,28-29H,11-13H2,(H,26,30)(H,27,31)/t19-,20-,23+,24+/m1/s1. The highest BCUT2D eigenvalue weighted by molar-refractivity contribution is 7.10. The average molecular weight is 449 g/mol. The number of carbonyl (C=O) groups excluding carboxylic acids is 2. The number of aliphatic hydroxyl groups is 2. The summed E-state index contributed by atoms with van der Waals surface area (Å²) < 4.78 is 0. The zero-order chi connectivity index (χ0) is 22.2. The summed E-state index contributed by atoms with van der Waals surface area (Å²) in [6, 6.07) is 16.2. The van der Waals surface area contributed by atoms with Crippen molar-refractivity contribution in [1.29, 1.82) is 0 Å². The molecule has 7 heteroatoms. The number of nitrogens with one attached hydrogen (secondary N) is 2. The van der Waals surface area contributed by atoms with Gasteiger partial charge in [0.25, 0.3) is 5.91 Å². The van der Waals surface area contributed by atoms with Crippen LogP contribution in [0.5, 0.6) is 0 Å². The minimum Gasteiger partial charge on any atom is -0.390 e. The second kappa shape index (κ2) is 8.50. The summed E-state index contributed by atoms with van der Waals surface area (Å²) in [6.07, 6.45) is -0.267. The van der Waals surface area contributed by atoms with Crippen LogP contribution < -0.4 is 10.6 Å². The number of benzene rings is 2. The van der Waals surface area contributed by atoms with Gasteiger partial charge in [0.15, 0.2) is 0 Å². The molecule has 0 saturated heterocycles. The molecule has 2 aliphatic rings. The van der Waals surface area contributed by atoms with E-state index in [2.05, 4.69) is 10.6 Å². The van der Waals surface area contributed by atoms with Gasteiger partial charge < -0.3 is 20.8 Å². The molecule has 0 unspecified atom stereocenters. The number of rotatable bonds is 5. The van der Waals surface area contributed by atoms with Crippen LogP contribution in [0.4, 0.5) is 0 Å². The molecule has 6 nitrogen and oxygen atoms in total. The van der Waals surface area contributed by atoms with E-state index in [-0.39, 0.29) is 18.2 Å². The van der Waals surface area contributed by atoms with Gasteiger partial charge in [0.05, 0.1) is 36.3 Å². The van der Waals surface area contributed by atoms with Gasteiger partial charge >= 0.3 is 0 Å². The van der Waals surface area contributed by atoms with Gasteiger partial charge in [-0.3, -0.25) is 9.59 Å². The highest BCUT2D eigenvalue weighted by Crippen LogP contribution is 2.33. The molecule has 0 saturated carbocycles. The quantitative estimate of drug-likeness (QED) is 0.482. The largest absolute Gasteiger partial charge is 0.390 e. The van der Waals surface area contributed by atoms with Crippen LogP contribution in [0.1, 0.15) is 49.6 Å². The lowest BCUT2D eigenvalue weighted by molar-refractivity contribution is -0.121. The minimum absolute atomic E-state index is 0.0512. The second-order valence-corrected chi connectivity index (χ2v) is 9.37. The van der Waals surface area contributed by atoms with Crippen molar-refractivity contribution in [2.24, 2.45) is 0 Å². The van der Waals surface area contributed by atoms with Gasteiger partial charge in [0.2, 0.25) is 5.91 Å². The van der Waals surface area contributed by atoms with Crippen molar-refractivity contribution in [2.45, 2.75) is 43.6 Å². The molecule has 2 aromatic carbocycles. The Kier molecular flexibility index (Phi) is 5.55. The van der Waals surface area contributed by atoms with Crippen molar-refractivity contribution in [1.82, 2.24) is 10.6 Å². The van der Waals surface area contributed by atoms with Crippen molar-refractivity contribution in [3.05, 3.63) is 92.7 Å². The minimum atomic E-state index is -0.675. The Morgan fingerprint density at radius 3 is 2.03 bits per heavy atom. The Labute approximate surface area is 189 Å². The Bertz CT molecular complexity index is 1170. The van der Waals surface area contributed by atoms with Crippen molar-refractivity contribution >= 4 is 23.2 Å². The molecule has 164 valence electrons. The topological polar surface area (TPSA) is 98.7 Å². The van der Waals surface area contributed by atoms with Crippen LogP contribution in [0.15, 0.2) is 60.0 Å². The van der Waals surface area contributed by atoms with Gasteiger partial charge in [0, 0.05) is 17.7 Å². The predicted molar refractivity (Wildman–Crippen MR) is 121 cm³/mol. The van der Waals surface area contributed by atoms with Gasteiger partial charge in [-0.2, -0.15) is 0 Å². The SMILES string of the molecule is O=C(Cc1sccc1C(=O)N[C@H]1c2ccccc2C[C@H]1O)N[C@H]1c2ccccc2C[C@H]1O. The number of hydrogen-bond donors (Lipinski definition) is 4. The van der Waals surface area contributed by atoms with Crippen molar-refractivity contribution < 1.29 is 19.8 Å². The van der Waals surface area contributed by atoms with E-state index in [1.54, 1.807) is 11.4 Å². The Morgan fingerprint density at radius 1 is 0.844 bits per heavy atom. The number of thiophene rings is 1. The fourth-order valence-corrected chi connectivity index (χ4v) is 5.64. The van der Waals surface area contributed by atoms with Crippen LogP contribution in [0.2, 0.25) is 0 Å². The van der Waals surface area contributed by atoms with Gasteiger partial charge in [-0.05, 0) is 33.7 Å². The van der Waals surface area contributed by atoms with Crippen LogP contribution in [0.3, 0.4) is 0 Å². The third-order valence-electron chi connectivity index (χ3n) is 6.32. The molecule has 4 N–H and O–H groups in total. The molecule has 1 heterocycles. The summed E-state index contributed by atoms with van der Waals surface area (Å²) in [5.74, 6) is -0.547. The van der Waals surface area contributed by atoms with Crippen LogP contribution in [-0.2, 0) is 24.1 Å². The number of amides is 2. The van der Waals surface area contributed by atoms with Gasteiger partial charge in [-0.15, -0.1) is 11.3 Å². The van der Waals surface area contributed by atoms with Crippen LogP contribution in [-0.4, -0.2) is 34.2 Å². The lowest BCUT2D eigenvalue weighted by Gasteiger charge is -2.19. The number of hydrogen-bond acceptors (Lipinski definition) is 5. The molecule has 32 heavy (non-hydrogen) atoms. The molecule has 1 aromatic heterocycles. The first kappa shape index (κ1) is 20.9. The van der Waals surface area contributed by atoms with E-state index < -0.39 is 24.3 Å². The van der Waals surface area contributed by atoms with Crippen molar-refractivity contribution in [3.8, 4) is 0 Å². The normalized spacial score (nSPS) is 23.4. The molecule has 3 aromatic rings. The first-order valence-corrected chi connectivity index (χ1v) is 11.6. The molecule has 0 fully saturated rings. The van der Waals surface area contributed by atoms with Crippen LogP contribution in [0, 0.1) is 0 Å². The molecule has 2 aliphatic carbocycles. The Balaban J connectivity index is 1.27. The van der Waals surface area contributed by atoms with E-state index in [9.17, 15) is 19.8 Å². The molecule has 4 atom stereocenters. The smallest absolute Gasteiger partial charge is 0.252 e. The van der Waals surface area contributed by atoms with Crippen molar-refractivity contribution in [2.75, 3.05) is 0 Å². The zero-order valence-corrected chi connectivity index (χ0v) is 18.1. The van der Waals surface area contributed by atoms with Crippen LogP contribution >= 0.6 is 11.3 Å². The molecule has 0 spiro atoms. The number of fused-ring (bicyclic) bond motifs is 2. The summed E-state index contributed by atoms with van der Waals surface area (Å²) in [6.45, 7) is 0. The Morgan fingerprint density at radius 2 is 1.41 bits per heavy atom. The summed E-state index contributed by atoms with van der Waals surface area (Å²) >= 11 is 1.35. The molecule has 0 aliphatic heterocycles. The van der Waals surface area contributed by atoms with Crippen molar-refractivity contribution in [3.63, 3.8) is 0 Å². The van der Waals surface area contributed by atoms with Gasteiger partial charge in [-0.1, -0.05) is 48.5 Å². The third-order valence-corrected chi connectivity index (χ3v) is 7.24. The first-order valence-electron chi connectivity index (χ1n) is 10.7. The first-order chi connectivity index (χ1) is 15.5. The van der Waals surface area contributed by atoms with E-state index in [0.29, 0.717) is 23.3 Å². The van der Waals surface area contributed by atoms with E-state index >= 15 is 0 Å². The molecule has 0 radical (unpaired) electrons. The molecule has 2 amide bonds. The lowest BCUT2D eigenvalue weighted by Crippen LogP contribution is -2.36. The fraction of sp³-hybridized carbons (Fsp3) is 0.280. The predicted octanol–water partition coefficient (Wildman–Crippen LogP) is 2.45. The number of carbonyl (C=O) groups is 2. The Hall–Kier alpha value is -3.00. The molecular formula is C25H24N2O4S. The van der Waals surface area contributed by atoms with Gasteiger partial charge in [-0.25, -0.2) is 0 Å². The van der Waals surface area contributed by atoms with E-state index in [0.717, 1.165) is 22.3 Å². The lowest BCUT2D eigenvalue weighted by atomic mass is 10.1. The molecule has 5 rings (SSSR count). The highest BCUT2D eigenvalue weighted by Gasteiger charge is 2.34. The number of aliphatic hydroxyl groups excluding tert-OH is 2. The third kappa shape index (κ3) is 3.83.